The quantitative estimate of drug-likeness (QED) is 0.464. The third kappa shape index (κ3) is 10.5. The van der Waals surface area contributed by atoms with E-state index in [4.69, 9.17) is 0 Å². The molecule has 1 amide bonds. The van der Waals surface area contributed by atoms with Gasteiger partial charge >= 0.3 is 0 Å². The van der Waals surface area contributed by atoms with E-state index in [1.807, 2.05) is 0 Å². The first-order valence-corrected chi connectivity index (χ1v) is 3.44. The zero-order chi connectivity index (χ0) is 7.11. The zero-order valence-corrected chi connectivity index (χ0v) is 6.18. The van der Waals surface area contributed by atoms with Gasteiger partial charge in [-0.1, -0.05) is 21.3 Å². The van der Waals surface area contributed by atoms with Gasteiger partial charge in [0.15, 0.2) is 0 Å². The van der Waals surface area contributed by atoms with Crippen molar-refractivity contribution in [1.29, 1.82) is 0 Å². The Bertz CT molecular complexity index is 71.7. The minimum atomic E-state index is 0. The van der Waals surface area contributed by atoms with Gasteiger partial charge in [-0.15, -0.1) is 0 Å². The van der Waals surface area contributed by atoms with E-state index < -0.39 is 0 Å². The Balaban J connectivity index is 0. The predicted molar refractivity (Wildman–Crippen MR) is 44.9 cm³/mol. The topological polar surface area (TPSA) is 29.1 Å². The van der Waals surface area contributed by atoms with Crippen molar-refractivity contribution in [3.05, 3.63) is 0 Å². The summed E-state index contributed by atoms with van der Waals surface area (Å²) in [5.74, 6) is 0.749. The van der Waals surface area contributed by atoms with Crippen molar-refractivity contribution in [2.75, 3.05) is 6.54 Å². The maximum atomic E-state index is 9.74. The average Bonchev–Trinajstić information content (AvgIpc) is 1.80. The molecule has 1 N–H and O–H groups in total. The average molecular weight is 145 g/mol. The first-order chi connectivity index (χ1) is 4.27. The Kier molecular flexibility index (Phi) is 10.3. The highest BCUT2D eigenvalue weighted by Gasteiger charge is 1.91. The summed E-state index contributed by atoms with van der Waals surface area (Å²) in [7, 11) is 0. The second-order valence-corrected chi connectivity index (χ2v) is 2.61. The molecule has 0 rings (SSSR count). The van der Waals surface area contributed by atoms with Crippen molar-refractivity contribution >= 4 is 6.41 Å². The number of amides is 1. The lowest BCUT2D eigenvalue weighted by atomic mass is 10.1. The van der Waals surface area contributed by atoms with Crippen LogP contribution in [-0.4, -0.2) is 13.0 Å². The maximum Gasteiger partial charge on any atom is 0.207 e. The second kappa shape index (κ2) is 8.47. The number of hydrogen-bond donors (Lipinski definition) is 1. The molecule has 62 valence electrons. The highest BCUT2D eigenvalue weighted by atomic mass is 16.1. The van der Waals surface area contributed by atoms with Gasteiger partial charge in [0.1, 0.15) is 0 Å². The van der Waals surface area contributed by atoms with E-state index in [1.54, 1.807) is 0 Å². The van der Waals surface area contributed by atoms with Crippen LogP contribution in [0.1, 0.15) is 34.1 Å². The molecule has 0 heterocycles. The van der Waals surface area contributed by atoms with Crippen LogP contribution in [0.4, 0.5) is 0 Å². The molecule has 0 bridgehead atoms. The highest BCUT2D eigenvalue weighted by Crippen LogP contribution is 2.00. The van der Waals surface area contributed by atoms with E-state index in [2.05, 4.69) is 19.2 Å². The molecule has 2 nitrogen and oxygen atoms in total. The van der Waals surface area contributed by atoms with E-state index in [0.717, 1.165) is 25.3 Å². The summed E-state index contributed by atoms with van der Waals surface area (Å²) in [5, 5.41) is 2.62. The fourth-order valence-electron chi connectivity index (χ4n) is 0.671. The molecule has 0 saturated heterocycles. The number of rotatable bonds is 5. The van der Waals surface area contributed by atoms with Gasteiger partial charge in [0.05, 0.1) is 0 Å². The van der Waals surface area contributed by atoms with Crippen LogP contribution >= 0.6 is 0 Å². The van der Waals surface area contributed by atoms with Crippen LogP contribution in [0.25, 0.3) is 0 Å². The summed E-state index contributed by atoms with van der Waals surface area (Å²) in [6.45, 7) is 5.18. The Morgan fingerprint density at radius 1 is 1.50 bits per heavy atom. The van der Waals surface area contributed by atoms with Crippen LogP contribution in [0, 0.1) is 5.92 Å². The zero-order valence-electron chi connectivity index (χ0n) is 6.18. The molecule has 0 aromatic rings. The Labute approximate surface area is 64.0 Å². The molecule has 0 aromatic carbocycles. The maximum absolute atomic E-state index is 9.74. The SMILES string of the molecule is C.CC(C)CCCNC=O. The molecule has 0 unspecified atom stereocenters. The molecule has 0 spiro atoms. The predicted octanol–water partition coefficient (Wildman–Crippen LogP) is 1.80. The van der Waals surface area contributed by atoms with Crippen LogP contribution in [0.15, 0.2) is 0 Å². The second-order valence-electron chi connectivity index (χ2n) is 2.61. The largest absolute Gasteiger partial charge is 0.359 e. The molecule has 0 aliphatic rings. The lowest BCUT2D eigenvalue weighted by Crippen LogP contribution is -2.12. The summed E-state index contributed by atoms with van der Waals surface area (Å²) in [4.78, 5) is 9.74. The Hall–Kier alpha value is -0.530. The molecule has 0 radical (unpaired) electrons. The van der Waals surface area contributed by atoms with Gasteiger partial charge in [0.25, 0.3) is 0 Å². The standard InChI is InChI=1S/C7H15NO.CH4/c1-7(2)4-3-5-8-6-9;/h6-7H,3-5H2,1-2H3,(H,8,9);1H4. The first kappa shape index (κ1) is 12.2. The summed E-state index contributed by atoms with van der Waals surface area (Å²) < 4.78 is 0. The van der Waals surface area contributed by atoms with Crippen LogP contribution in [0.5, 0.6) is 0 Å². The number of carbonyl (C=O) groups excluding carboxylic acids is 1. The van der Waals surface area contributed by atoms with Gasteiger partial charge in [-0.05, 0) is 18.8 Å². The minimum absolute atomic E-state index is 0. The van der Waals surface area contributed by atoms with Crippen molar-refractivity contribution in [3.8, 4) is 0 Å². The smallest absolute Gasteiger partial charge is 0.207 e. The van der Waals surface area contributed by atoms with Crippen molar-refractivity contribution in [2.45, 2.75) is 34.1 Å². The van der Waals surface area contributed by atoms with E-state index in [-0.39, 0.29) is 7.43 Å². The Morgan fingerprint density at radius 2 is 2.10 bits per heavy atom. The van der Waals surface area contributed by atoms with Gasteiger partial charge < -0.3 is 5.32 Å². The van der Waals surface area contributed by atoms with Crippen LogP contribution in [0.3, 0.4) is 0 Å². The molecule has 0 saturated carbocycles. The lowest BCUT2D eigenvalue weighted by Gasteiger charge is -2.01. The summed E-state index contributed by atoms with van der Waals surface area (Å²) in [6, 6.07) is 0. The van der Waals surface area contributed by atoms with E-state index in [1.165, 1.54) is 6.42 Å². The van der Waals surface area contributed by atoms with Gasteiger partial charge in [-0.3, -0.25) is 4.79 Å². The normalized spacial score (nSPS) is 8.70. The fraction of sp³-hybridized carbons (Fsp3) is 0.875. The van der Waals surface area contributed by atoms with Crippen molar-refractivity contribution in [2.24, 2.45) is 5.92 Å². The molecular weight excluding hydrogens is 126 g/mol. The summed E-state index contributed by atoms with van der Waals surface area (Å²) in [5.41, 5.74) is 0. The van der Waals surface area contributed by atoms with Gasteiger partial charge in [-0.2, -0.15) is 0 Å². The highest BCUT2D eigenvalue weighted by molar-refractivity contribution is 5.45. The molecule has 0 fully saturated rings. The monoisotopic (exact) mass is 145 g/mol. The summed E-state index contributed by atoms with van der Waals surface area (Å²) >= 11 is 0. The van der Waals surface area contributed by atoms with Crippen LogP contribution in [0.2, 0.25) is 0 Å². The first-order valence-electron chi connectivity index (χ1n) is 3.44. The molecule has 0 atom stereocenters. The van der Waals surface area contributed by atoms with Crippen molar-refractivity contribution < 1.29 is 4.79 Å². The molecule has 0 aromatic heterocycles. The lowest BCUT2D eigenvalue weighted by molar-refractivity contribution is -0.109. The van der Waals surface area contributed by atoms with Crippen LogP contribution in [-0.2, 0) is 4.79 Å². The molecule has 0 aliphatic carbocycles. The van der Waals surface area contributed by atoms with Gasteiger partial charge in [0, 0.05) is 6.54 Å². The number of nitrogens with one attached hydrogen (secondary N) is 1. The molecule has 10 heavy (non-hydrogen) atoms. The summed E-state index contributed by atoms with van der Waals surface area (Å²) in [6.07, 6.45) is 3.04. The van der Waals surface area contributed by atoms with Crippen molar-refractivity contribution in [3.63, 3.8) is 0 Å². The minimum Gasteiger partial charge on any atom is -0.359 e. The van der Waals surface area contributed by atoms with E-state index >= 15 is 0 Å². The Morgan fingerprint density at radius 3 is 2.50 bits per heavy atom. The van der Waals surface area contributed by atoms with Crippen LogP contribution < -0.4 is 5.32 Å². The van der Waals surface area contributed by atoms with Crippen molar-refractivity contribution in [1.82, 2.24) is 5.32 Å². The third-order valence-electron chi connectivity index (χ3n) is 1.19. The van der Waals surface area contributed by atoms with E-state index in [0.29, 0.717) is 0 Å². The molecular formula is C8H19NO. The molecule has 2 heteroatoms. The van der Waals surface area contributed by atoms with Gasteiger partial charge in [0.2, 0.25) is 6.41 Å². The van der Waals surface area contributed by atoms with E-state index in [9.17, 15) is 4.79 Å². The van der Waals surface area contributed by atoms with Gasteiger partial charge in [-0.25, -0.2) is 0 Å². The number of hydrogen-bond acceptors (Lipinski definition) is 1. The third-order valence-corrected chi connectivity index (χ3v) is 1.19. The fourth-order valence-corrected chi connectivity index (χ4v) is 0.671. The molecule has 0 aliphatic heterocycles. The number of carbonyl (C=O) groups is 1.